The minimum atomic E-state index is -0.494. The Morgan fingerprint density at radius 3 is 3.00 bits per heavy atom. The first kappa shape index (κ1) is 16.4. The predicted octanol–water partition coefficient (Wildman–Crippen LogP) is 3.58. The highest BCUT2D eigenvalue weighted by atomic mass is 79.9. The molecule has 1 aliphatic rings. The number of rotatable bonds is 5. The van der Waals surface area contributed by atoms with Gasteiger partial charge in [0.05, 0.1) is 5.56 Å². The van der Waals surface area contributed by atoms with Gasteiger partial charge in [0.25, 0.3) is 5.91 Å². The summed E-state index contributed by atoms with van der Waals surface area (Å²) in [5.74, 6) is -0.835. The van der Waals surface area contributed by atoms with E-state index in [1.807, 2.05) is 0 Å². The topological polar surface area (TPSA) is 32.3 Å². The molecule has 1 aromatic carbocycles. The van der Waals surface area contributed by atoms with E-state index < -0.39 is 5.82 Å². The van der Waals surface area contributed by atoms with Crippen LogP contribution in [0.15, 0.2) is 22.7 Å². The Labute approximate surface area is 134 Å². The molecule has 2 rings (SSSR count). The Bertz CT molecular complexity index is 495. The van der Waals surface area contributed by atoms with Gasteiger partial charge >= 0.3 is 0 Å². The fraction of sp³-hybridized carbons (Fsp3) is 0.562. The van der Waals surface area contributed by atoms with Crippen LogP contribution >= 0.6 is 15.9 Å². The summed E-state index contributed by atoms with van der Waals surface area (Å²) in [4.78, 5) is 14.4. The van der Waals surface area contributed by atoms with Gasteiger partial charge in [-0.05, 0) is 50.9 Å². The zero-order valence-corrected chi connectivity index (χ0v) is 14.0. The van der Waals surface area contributed by atoms with E-state index in [1.165, 1.54) is 31.4 Å². The molecule has 1 saturated heterocycles. The van der Waals surface area contributed by atoms with Crippen molar-refractivity contribution in [3.05, 3.63) is 34.1 Å². The summed E-state index contributed by atoms with van der Waals surface area (Å²) in [6, 6.07) is 5.12. The van der Waals surface area contributed by atoms with E-state index in [4.69, 9.17) is 0 Å². The largest absolute Gasteiger partial charge is 0.352 e. The van der Waals surface area contributed by atoms with Crippen LogP contribution < -0.4 is 5.32 Å². The third-order valence-corrected chi connectivity index (χ3v) is 4.52. The first-order valence-corrected chi connectivity index (χ1v) is 8.34. The molecule has 0 unspecified atom stereocenters. The lowest BCUT2D eigenvalue weighted by Crippen LogP contribution is -2.39. The van der Waals surface area contributed by atoms with Crippen molar-refractivity contribution < 1.29 is 9.18 Å². The summed E-state index contributed by atoms with van der Waals surface area (Å²) >= 11 is 3.18. The molecular formula is C16H22BrFN2O. The van der Waals surface area contributed by atoms with E-state index in [1.54, 1.807) is 6.07 Å². The first-order valence-electron chi connectivity index (χ1n) is 7.55. The quantitative estimate of drug-likeness (QED) is 0.817. The fourth-order valence-electron chi connectivity index (χ4n) is 2.74. The van der Waals surface area contributed by atoms with E-state index in [2.05, 4.69) is 33.1 Å². The second kappa shape index (κ2) is 7.90. The Kier molecular flexibility index (Phi) is 6.18. The standard InChI is InChI=1S/C16H22BrFN2O/c1-12-5-2-3-9-20(12)10-4-8-19-16(21)14-7-6-13(17)11-15(14)18/h6-7,11-12H,2-5,8-10H2,1H3,(H,19,21)/t12-/m1/s1. The Balaban J connectivity index is 1.74. The number of halogens is 2. The number of nitrogens with zero attached hydrogens (tertiary/aromatic N) is 1. The molecular weight excluding hydrogens is 335 g/mol. The van der Waals surface area contributed by atoms with Crippen molar-refractivity contribution in [2.75, 3.05) is 19.6 Å². The molecule has 3 nitrogen and oxygen atoms in total. The highest BCUT2D eigenvalue weighted by Crippen LogP contribution is 2.16. The molecule has 0 aromatic heterocycles. The molecule has 0 aliphatic carbocycles. The average Bonchev–Trinajstić information content (AvgIpc) is 2.45. The molecule has 1 N–H and O–H groups in total. The van der Waals surface area contributed by atoms with Gasteiger partial charge in [-0.15, -0.1) is 0 Å². The van der Waals surface area contributed by atoms with Crippen molar-refractivity contribution in [3.8, 4) is 0 Å². The Morgan fingerprint density at radius 2 is 2.29 bits per heavy atom. The van der Waals surface area contributed by atoms with Crippen LogP contribution in [0.2, 0.25) is 0 Å². The van der Waals surface area contributed by atoms with Crippen LogP contribution in [0.4, 0.5) is 4.39 Å². The molecule has 0 saturated carbocycles. The lowest BCUT2D eigenvalue weighted by atomic mass is 10.0. The average molecular weight is 357 g/mol. The maximum atomic E-state index is 13.7. The molecule has 1 amide bonds. The van der Waals surface area contributed by atoms with Crippen molar-refractivity contribution in [1.82, 2.24) is 10.2 Å². The highest BCUT2D eigenvalue weighted by Gasteiger charge is 2.17. The van der Waals surface area contributed by atoms with Gasteiger partial charge in [0, 0.05) is 23.6 Å². The summed E-state index contributed by atoms with van der Waals surface area (Å²) in [7, 11) is 0. The van der Waals surface area contributed by atoms with E-state index >= 15 is 0 Å². The van der Waals surface area contributed by atoms with Gasteiger partial charge in [-0.1, -0.05) is 22.4 Å². The number of benzene rings is 1. The van der Waals surface area contributed by atoms with Crippen LogP contribution in [0.3, 0.4) is 0 Å². The normalized spacial score (nSPS) is 19.5. The number of likely N-dealkylation sites (tertiary alicyclic amines) is 1. The molecule has 0 radical (unpaired) electrons. The summed E-state index contributed by atoms with van der Waals surface area (Å²) in [6.45, 7) is 4.98. The summed E-state index contributed by atoms with van der Waals surface area (Å²) in [5, 5.41) is 2.79. The maximum Gasteiger partial charge on any atom is 0.254 e. The number of carbonyl (C=O) groups is 1. The Morgan fingerprint density at radius 1 is 1.48 bits per heavy atom. The van der Waals surface area contributed by atoms with Crippen LogP contribution in [0.1, 0.15) is 43.0 Å². The van der Waals surface area contributed by atoms with Crippen LogP contribution in [0, 0.1) is 5.82 Å². The van der Waals surface area contributed by atoms with E-state index in [0.717, 1.165) is 19.5 Å². The minimum absolute atomic E-state index is 0.101. The van der Waals surface area contributed by atoms with Gasteiger partial charge < -0.3 is 10.2 Å². The number of hydrogen-bond donors (Lipinski definition) is 1. The Hall–Kier alpha value is -0.940. The number of carbonyl (C=O) groups excluding carboxylic acids is 1. The van der Waals surface area contributed by atoms with Crippen LogP contribution in [0.5, 0.6) is 0 Å². The van der Waals surface area contributed by atoms with Crippen molar-refractivity contribution in [2.45, 2.75) is 38.6 Å². The van der Waals surface area contributed by atoms with Crippen molar-refractivity contribution >= 4 is 21.8 Å². The highest BCUT2D eigenvalue weighted by molar-refractivity contribution is 9.10. The van der Waals surface area contributed by atoms with Crippen LogP contribution in [-0.2, 0) is 0 Å². The van der Waals surface area contributed by atoms with Crippen molar-refractivity contribution in [2.24, 2.45) is 0 Å². The number of amides is 1. The molecule has 1 aliphatic heterocycles. The van der Waals surface area contributed by atoms with Gasteiger partial charge in [-0.3, -0.25) is 4.79 Å². The van der Waals surface area contributed by atoms with E-state index in [0.29, 0.717) is 17.1 Å². The fourth-order valence-corrected chi connectivity index (χ4v) is 3.08. The summed E-state index contributed by atoms with van der Waals surface area (Å²) in [5.41, 5.74) is 0.101. The zero-order valence-electron chi connectivity index (χ0n) is 12.4. The number of hydrogen-bond acceptors (Lipinski definition) is 2. The molecule has 1 aromatic rings. The minimum Gasteiger partial charge on any atom is -0.352 e. The molecule has 1 fully saturated rings. The lowest BCUT2D eigenvalue weighted by molar-refractivity contribution is 0.0945. The third-order valence-electron chi connectivity index (χ3n) is 4.02. The summed E-state index contributed by atoms with van der Waals surface area (Å²) in [6.07, 6.45) is 4.74. The second-order valence-electron chi connectivity index (χ2n) is 5.61. The lowest BCUT2D eigenvalue weighted by Gasteiger charge is -2.33. The molecule has 1 atom stereocenters. The van der Waals surface area contributed by atoms with Gasteiger partial charge in [-0.25, -0.2) is 4.39 Å². The monoisotopic (exact) mass is 356 g/mol. The molecule has 0 bridgehead atoms. The SMILES string of the molecule is C[C@@H]1CCCCN1CCCNC(=O)c1ccc(Br)cc1F. The number of piperidine rings is 1. The van der Waals surface area contributed by atoms with Gasteiger partial charge in [0.1, 0.15) is 5.82 Å². The second-order valence-corrected chi connectivity index (χ2v) is 6.53. The van der Waals surface area contributed by atoms with Gasteiger partial charge in [-0.2, -0.15) is 0 Å². The van der Waals surface area contributed by atoms with E-state index in [9.17, 15) is 9.18 Å². The smallest absolute Gasteiger partial charge is 0.254 e. The van der Waals surface area contributed by atoms with Crippen LogP contribution in [-0.4, -0.2) is 36.5 Å². The molecule has 21 heavy (non-hydrogen) atoms. The molecule has 1 heterocycles. The predicted molar refractivity (Wildman–Crippen MR) is 85.9 cm³/mol. The zero-order chi connectivity index (χ0) is 15.2. The first-order chi connectivity index (χ1) is 10.1. The van der Waals surface area contributed by atoms with Crippen molar-refractivity contribution in [3.63, 3.8) is 0 Å². The maximum absolute atomic E-state index is 13.7. The van der Waals surface area contributed by atoms with Gasteiger partial charge in [0.2, 0.25) is 0 Å². The molecule has 5 heteroatoms. The van der Waals surface area contributed by atoms with E-state index in [-0.39, 0.29) is 11.5 Å². The number of nitrogens with one attached hydrogen (secondary N) is 1. The summed E-state index contributed by atoms with van der Waals surface area (Å²) < 4.78 is 14.3. The van der Waals surface area contributed by atoms with Crippen LogP contribution in [0.25, 0.3) is 0 Å². The van der Waals surface area contributed by atoms with Gasteiger partial charge in [0.15, 0.2) is 0 Å². The van der Waals surface area contributed by atoms with Crippen molar-refractivity contribution in [1.29, 1.82) is 0 Å². The molecule has 116 valence electrons. The third kappa shape index (κ3) is 4.78. The molecule has 0 spiro atoms.